The molecule has 1 saturated heterocycles. The first kappa shape index (κ1) is 15.2. The van der Waals surface area contributed by atoms with Gasteiger partial charge in [0.15, 0.2) is 0 Å². The van der Waals surface area contributed by atoms with Crippen molar-refractivity contribution in [2.75, 3.05) is 19.8 Å². The van der Waals surface area contributed by atoms with E-state index in [4.69, 9.17) is 16.3 Å². The fourth-order valence-electron chi connectivity index (χ4n) is 2.27. The Morgan fingerprint density at radius 2 is 2.20 bits per heavy atom. The van der Waals surface area contributed by atoms with Gasteiger partial charge in [0.1, 0.15) is 5.82 Å². The molecule has 6 heteroatoms. The molecule has 110 valence electrons. The number of amides is 1. The highest BCUT2D eigenvalue weighted by molar-refractivity contribution is 6.33. The SMILES string of the molecule is O=C(NCC(O)C1CCOCC1)c1c(F)cccc1Cl. The van der Waals surface area contributed by atoms with E-state index in [1.54, 1.807) is 0 Å². The summed E-state index contributed by atoms with van der Waals surface area (Å²) in [7, 11) is 0. The Balaban J connectivity index is 1.91. The molecular formula is C14H17ClFNO3. The van der Waals surface area contributed by atoms with Gasteiger partial charge in [0.05, 0.1) is 16.7 Å². The quantitative estimate of drug-likeness (QED) is 0.894. The van der Waals surface area contributed by atoms with Crippen molar-refractivity contribution in [3.63, 3.8) is 0 Å². The van der Waals surface area contributed by atoms with Crippen LogP contribution in [0.5, 0.6) is 0 Å². The molecule has 0 aromatic heterocycles. The summed E-state index contributed by atoms with van der Waals surface area (Å²) in [5.74, 6) is -1.19. The van der Waals surface area contributed by atoms with E-state index in [-0.39, 0.29) is 23.0 Å². The van der Waals surface area contributed by atoms with E-state index in [0.717, 1.165) is 12.8 Å². The number of hydrogen-bond acceptors (Lipinski definition) is 3. The van der Waals surface area contributed by atoms with Gasteiger partial charge in [-0.05, 0) is 30.9 Å². The third-order valence-corrected chi connectivity index (χ3v) is 3.79. The maximum Gasteiger partial charge on any atom is 0.255 e. The van der Waals surface area contributed by atoms with Crippen molar-refractivity contribution in [2.24, 2.45) is 5.92 Å². The van der Waals surface area contributed by atoms with Gasteiger partial charge in [-0.3, -0.25) is 4.79 Å². The number of benzene rings is 1. The van der Waals surface area contributed by atoms with E-state index < -0.39 is 17.8 Å². The Hall–Kier alpha value is -1.17. The Morgan fingerprint density at radius 3 is 2.85 bits per heavy atom. The summed E-state index contributed by atoms with van der Waals surface area (Å²) >= 11 is 5.81. The number of aliphatic hydroxyl groups is 1. The molecule has 4 nitrogen and oxygen atoms in total. The van der Waals surface area contributed by atoms with Crippen LogP contribution in [-0.2, 0) is 4.74 Å². The number of rotatable bonds is 4. The van der Waals surface area contributed by atoms with Crippen LogP contribution < -0.4 is 5.32 Å². The van der Waals surface area contributed by atoms with Crippen molar-refractivity contribution in [3.05, 3.63) is 34.6 Å². The van der Waals surface area contributed by atoms with Crippen molar-refractivity contribution in [1.29, 1.82) is 0 Å². The lowest BCUT2D eigenvalue weighted by atomic mass is 9.94. The number of hydrogen-bond donors (Lipinski definition) is 2. The lowest BCUT2D eigenvalue weighted by molar-refractivity contribution is 0.00871. The molecule has 2 rings (SSSR count). The first-order chi connectivity index (χ1) is 9.59. The minimum Gasteiger partial charge on any atom is -0.391 e. The largest absolute Gasteiger partial charge is 0.391 e. The maximum absolute atomic E-state index is 13.6. The van der Waals surface area contributed by atoms with Gasteiger partial charge in [0, 0.05) is 19.8 Å². The number of carbonyl (C=O) groups excluding carboxylic acids is 1. The second kappa shape index (κ2) is 7.02. The van der Waals surface area contributed by atoms with Crippen molar-refractivity contribution in [2.45, 2.75) is 18.9 Å². The predicted octanol–water partition coefficient (Wildman–Crippen LogP) is 2.00. The van der Waals surface area contributed by atoms with Crippen molar-refractivity contribution in [1.82, 2.24) is 5.32 Å². The zero-order chi connectivity index (χ0) is 14.5. The van der Waals surface area contributed by atoms with E-state index in [9.17, 15) is 14.3 Å². The molecule has 2 N–H and O–H groups in total. The number of halogens is 2. The molecule has 0 radical (unpaired) electrons. The van der Waals surface area contributed by atoms with Crippen molar-refractivity contribution < 1.29 is 19.0 Å². The van der Waals surface area contributed by atoms with Gasteiger partial charge < -0.3 is 15.2 Å². The lowest BCUT2D eigenvalue weighted by Crippen LogP contribution is -2.38. The van der Waals surface area contributed by atoms with Crippen LogP contribution in [0.1, 0.15) is 23.2 Å². The molecule has 0 aliphatic carbocycles. The molecule has 1 amide bonds. The zero-order valence-corrected chi connectivity index (χ0v) is 11.7. The van der Waals surface area contributed by atoms with Gasteiger partial charge in [0.2, 0.25) is 0 Å². The normalized spacial score (nSPS) is 17.8. The van der Waals surface area contributed by atoms with Gasteiger partial charge in [-0.25, -0.2) is 4.39 Å². The van der Waals surface area contributed by atoms with E-state index in [2.05, 4.69) is 5.32 Å². The van der Waals surface area contributed by atoms with Crippen LogP contribution in [0.2, 0.25) is 5.02 Å². The molecule has 1 aromatic rings. The van der Waals surface area contributed by atoms with Crippen LogP contribution in [0, 0.1) is 11.7 Å². The minimum atomic E-state index is -0.671. The summed E-state index contributed by atoms with van der Waals surface area (Å²) in [5, 5.41) is 12.6. The molecule has 20 heavy (non-hydrogen) atoms. The molecule has 1 aliphatic heterocycles. The molecular weight excluding hydrogens is 285 g/mol. The highest BCUT2D eigenvalue weighted by Crippen LogP contribution is 2.20. The summed E-state index contributed by atoms with van der Waals surface area (Å²) < 4.78 is 18.8. The van der Waals surface area contributed by atoms with Gasteiger partial charge in [-0.15, -0.1) is 0 Å². The highest BCUT2D eigenvalue weighted by atomic mass is 35.5. The van der Waals surface area contributed by atoms with Crippen LogP contribution in [-0.4, -0.2) is 36.9 Å². The topological polar surface area (TPSA) is 58.6 Å². The average Bonchev–Trinajstić information content (AvgIpc) is 2.45. The monoisotopic (exact) mass is 301 g/mol. The predicted molar refractivity (Wildman–Crippen MR) is 73.3 cm³/mol. The van der Waals surface area contributed by atoms with Crippen molar-refractivity contribution >= 4 is 17.5 Å². The number of carbonyl (C=O) groups is 1. The smallest absolute Gasteiger partial charge is 0.255 e. The van der Waals surface area contributed by atoms with E-state index in [1.165, 1.54) is 18.2 Å². The Labute approximate surface area is 121 Å². The molecule has 0 bridgehead atoms. The molecule has 1 fully saturated rings. The zero-order valence-electron chi connectivity index (χ0n) is 10.9. The summed E-state index contributed by atoms with van der Waals surface area (Å²) in [4.78, 5) is 11.9. The number of ether oxygens (including phenoxy) is 1. The van der Waals surface area contributed by atoms with Gasteiger partial charge >= 0.3 is 0 Å². The number of aliphatic hydroxyl groups excluding tert-OH is 1. The highest BCUT2D eigenvalue weighted by Gasteiger charge is 2.23. The molecule has 1 aliphatic rings. The summed E-state index contributed by atoms with van der Waals surface area (Å²) in [6, 6.07) is 4.06. The van der Waals surface area contributed by atoms with Crippen LogP contribution in [0.4, 0.5) is 4.39 Å². The average molecular weight is 302 g/mol. The lowest BCUT2D eigenvalue weighted by Gasteiger charge is -2.26. The molecule has 1 unspecified atom stereocenters. The van der Waals surface area contributed by atoms with Crippen LogP contribution in [0.25, 0.3) is 0 Å². The Kier molecular flexibility index (Phi) is 5.34. The number of nitrogens with one attached hydrogen (secondary N) is 1. The standard InChI is InChI=1S/C14H17ClFNO3/c15-10-2-1-3-11(16)13(10)14(19)17-8-12(18)9-4-6-20-7-5-9/h1-3,9,12,18H,4-8H2,(H,17,19). The maximum atomic E-state index is 13.6. The van der Waals surface area contributed by atoms with Crippen LogP contribution in [0.15, 0.2) is 18.2 Å². The van der Waals surface area contributed by atoms with Gasteiger partial charge in [-0.1, -0.05) is 17.7 Å². The second-order valence-corrected chi connectivity index (χ2v) is 5.23. The first-order valence-electron chi connectivity index (χ1n) is 6.57. The minimum absolute atomic E-state index is 0.0584. The third-order valence-electron chi connectivity index (χ3n) is 3.47. The van der Waals surface area contributed by atoms with Gasteiger partial charge in [0.25, 0.3) is 5.91 Å². The molecule has 0 saturated carbocycles. The van der Waals surface area contributed by atoms with E-state index in [0.29, 0.717) is 13.2 Å². The fraction of sp³-hybridized carbons (Fsp3) is 0.500. The Morgan fingerprint density at radius 1 is 1.50 bits per heavy atom. The van der Waals surface area contributed by atoms with E-state index in [1.807, 2.05) is 0 Å². The van der Waals surface area contributed by atoms with Gasteiger partial charge in [-0.2, -0.15) is 0 Å². The molecule has 1 atom stereocenters. The van der Waals surface area contributed by atoms with Crippen LogP contribution in [0.3, 0.4) is 0 Å². The molecule has 1 heterocycles. The van der Waals surface area contributed by atoms with Crippen molar-refractivity contribution in [3.8, 4) is 0 Å². The molecule has 1 aromatic carbocycles. The first-order valence-corrected chi connectivity index (χ1v) is 6.95. The van der Waals surface area contributed by atoms with E-state index >= 15 is 0 Å². The Bertz CT molecular complexity index is 457. The summed E-state index contributed by atoms with van der Waals surface area (Å²) in [5.41, 5.74) is -0.187. The fourth-order valence-corrected chi connectivity index (χ4v) is 2.52. The summed E-state index contributed by atoms with van der Waals surface area (Å²) in [6.45, 7) is 1.32. The van der Waals surface area contributed by atoms with Crippen LogP contribution >= 0.6 is 11.6 Å². The summed E-state index contributed by atoms with van der Waals surface area (Å²) in [6.07, 6.45) is 0.864. The molecule has 0 spiro atoms. The second-order valence-electron chi connectivity index (χ2n) is 4.82. The third kappa shape index (κ3) is 3.69.